The van der Waals surface area contributed by atoms with E-state index in [0.29, 0.717) is 16.9 Å². The van der Waals surface area contributed by atoms with Crippen LogP contribution in [0, 0.1) is 6.92 Å². The van der Waals surface area contributed by atoms with Crippen LogP contribution < -0.4 is 5.43 Å². The maximum absolute atomic E-state index is 11.9. The molecule has 0 aromatic heterocycles. The average molecular weight is 371 g/mol. The van der Waals surface area contributed by atoms with Crippen LogP contribution in [0.2, 0.25) is 10.0 Å². The summed E-state index contributed by atoms with van der Waals surface area (Å²) < 4.78 is 5.84. The Kier molecular flexibility index (Phi) is 3.71. The quantitative estimate of drug-likeness (QED) is 0.425. The van der Waals surface area contributed by atoms with E-state index in [1.165, 1.54) is 12.1 Å². The van der Waals surface area contributed by atoms with Gasteiger partial charge in [0.15, 0.2) is 0 Å². The van der Waals surface area contributed by atoms with Crippen molar-refractivity contribution < 1.29 is 9.52 Å². The van der Waals surface area contributed by atoms with Crippen molar-refractivity contribution in [3.63, 3.8) is 0 Å². The SMILES string of the molecule is Cc1ccccc1-c1c2cc(Cl)c(=O)cc-2oc2cc(O)c(Cl)cc12. The highest BCUT2D eigenvalue weighted by Gasteiger charge is 2.21. The van der Waals surface area contributed by atoms with Crippen molar-refractivity contribution in [1.29, 1.82) is 0 Å². The largest absolute Gasteiger partial charge is 0.506 e. The second kappa shape index (κ2) is 5.80. The van der Waals surface area contributed by atoms with Crippen LogP contribution >= 0.6 is 23.2 Å². The first-order valence-electron chi connectivity index (χ1n) is 7.60. The molecular formula is C20H12Cl2O3. The minimum atomic E-state index is -0.314. The Labute approximate surface area is 153 Å². The van der Waals surface area contributed by atoms with Crippen molar-refractivity contribution in [2.45, 2.75) is 6.92 Å². The molecule has 3 nitrogen and oxygen atoms in total. The summed E-state index contributed by atoms with van der Waals surface area (Å²) in [6.45, 7) is 2.00. The Balaban J connectivity index is 2.27. The van der Waals surface area contributed by atoms with Crippen LogP contribution in [-0.4, -0.2) is 5.11 Å². The number of fused-ring (bicyclic) bond motifs is 2. The number of rotatable bonds is 1. The number of phenolic OH excluding ortho intramolecular Hbond substituents is 1. The minimum Gasteiger partial charge on any atom is -0.506 e. The van der Waals surface area contributed by atoms with E-state index in [2.05, 4.69) is 0 Å². The fraction of sp³-hybridized carbons (Fsp3) is 0.0500. The van der Waals surface area contributed by atoms with E-state index in [9.17, 15) is 9.90 Å². The smallest absolute Gasteiger partial charge is 0.200 e. The lowest BCUT2D eigenvalue weighted by Gasteiger charge is -2.17. The van der Waals surface area contributed by atoms with E-state index in [1.54, 1.807) is 12.1 Å². The van der Waals surface area contributed by atoms with Gasteiger partial charge in [0.05, 0.1) is 10.0 Å². The average Bonchev–Trinajstić information content (AvgIpc) is 2.57. The lowest BCUT2D eigenvalue weighted by molar-refractivity contribution is 0.474. The van der Waals surface area contributed by atoms with Crippen LogP contribution in [0.25, 0.3) is 33.4 Å². The molecular weight excluding hydrogens is 359 g/mol. The number of phenols is 1. The van der Waals surface area contributed by atoms with E-state index >= 15 is 0 Å². The maximum atomic E-state index is 11.9. The third-order valence-electron chi connectivity index (χ3n) is 4.26. The Bertz CT molecular complexity index is 1160. The number of aryl methyl sites for hydroxylation is 1. The van der Waals surface area contributed by atoms with Gasteiger partial charge in [-0.05, 0) is 30.2 Å². The third kappa shape index (κ3) is 2.56. The number of hydrogen-bond donors (Lipinski definition) is 1. The fourth-order valence-electron chi connectivity index (χ4n) is 3.04. The molecule has 0 bridgehead atoms. The van der Waals surface area contributed by atoms with Crippen molar-refractivity contribution in [2.75, 3.05) is 0 Å². The summed E-state index contributed by atoms with van der Waals surface area (Å²) in [7, 11) is 0. The Morgan fingerprint density at radius 3 is 2.48 bits per heavy atom. The highest BCUT2D eigenvalue weighted by molar-refractivity contribution is 6.33. The summed E-state index contributed by atoms with van der Waals surface area (Å²) >= 11 is 12.2. The Morgan fingerprint density at radius 2 is 1.72 bits per heavy atom. The summed E-state index contributed by atoms with van der Waals surface area (Å²) in [6, 6.07) is 14.0. The van der Waals surface area contributed by atoms with Gasteiger partial charge in [-0.1, -0.05) is 47.5 Å². The number of benzene rings is 3. The van der Waals surface area contributed by atoms with Gasteiger partial charge in [-0.2, -0.15) is 0 Å². The van der Waals surface area contributed by atoms with Crippen LogP contribution in [0.5, 0.6) is 5.75 Å². The van der Waals surface area contributed by atoms with Crippen LogP contribution in [0.1, 0.15) is 5.56 Å². The molecule has 2 aliphatic rings. The number of halogens is 2. The van der Waals surface area contributed by atoms with Crippen molar-refractivity contribution in [3.8, 4) is 28.2 Å². The summed E-state index contributed by atoms with van der Waals surface area (Å²) in [5, 5.41) is 11.0. The van der Waals surface area contributed by atoms with Crippen molar-refractivity contribution in [1.82, 2.24) is 0 Å². The molecule has 1 heterocycles. The summed E-state index contributed by atoms with van der Waals surface area (Å²) in [6.07, 6.45) is 0. The minimum absolute atomic E-state index is 0.0793. The summed E-state index contributed by atoms with van der Waals surface area (Å²) in [5.74, 6) is 0.325. The molecule has 0 saturated heterocycles. The van der Waals surface area contributed by atoms with Gasteiger partial charge in [-0.15, -0.1) is 0 Å². The molecule has 0 fully saturated rings. The lowest BCUT2D eigenvalue weighted by atomic mass is 9.91. The van der Waals surface area contributed by atoms with Gasteiger partial charge in [0, 0.05) is 28.6 Å². The highest BCUT2D eigenvalue weighted by atomic mass is 35.5. The van der Waals surface area contributed by atoms with E-state index in [1.807, 2.05) is 31.2 Å². The second-order valence-corrected chi connectivity index (χ2v) is 6.68. The fourth-order valence-corrected chi connectivity index (χ4v) is 3.37. The molecule has 0 atom stereocenters. The molecule has 25 heavy (non-hydrogen) atoms. The van der Waals surface area contributed by atoms with E-state index in [-0.39, 0.29) is 21.2 Å². The predicted octanol–water partition coefficient (Wildman–Crippen LogP) is 5.89. The van der Waals surface area contributed by atoms with Gasteiger partial charge in [0.1, 0.15) is 17.1 Å². The molecule has 5 heteroatoms. The Morgan fingerprint density at radius 1 is 0.960 bits per heavy atom. The zero-order valence-electron chi connectivity index (χ0n) is 13.1. The first-order valence-corrected chi connectivity index (χ1v) is 8.36. The summed E-state index contributed by atoms with van der Waals surface area (Å²) in [4.78, 5) is 11.9. The molecule has 124 valence electrons. The van der Waals surface area contributed by atoms with E-state index < -0.39 is 0 Å². The normalized spacial score (nSPS) is 11.3. The first-order chi connectivity index (χ1) is 12.0. The molecule has 0 radical (unpaired) electrons. The molecule has 1 aliphatic carbocycles. The molecule has 0 unspecified atom stereocenters. The molecule has 0 spiro atoms. The Hall–Kier alpha value is -2.49. The first kappa shape index (κ1) is 16.0. The molecule has 4 rings (SSSR count). The molecule has 0 amide bonds. The molecule has 1 N–H and O–H groups in total. The van der Waals surface area contributed by atoms with Crippen LogP contribution in [0.15, 0.2) is 57.7 Å². The monoisotopic (exact) mass is 370 g/mol. The van der Waals surface area contributed by atoms with Crippen molar-refractivity contribution in [3.05, 3.63) is 74.4 Å². The van der Waals surface area contributed by atoms with Crippen LogP contribution in [-0.2, 0) is 0 Å². The molecule has 0 saturated carbocycles. The van der Waals surface area contributed by atoms with Gasteiger partial charge in [-0.3, -0.25) is 4.79 Å². The summed E-state index contributed by atoms with van der Waals surface area (Å²) in [5.41, 5.74) is 3.74. The predicted molar refractivity (Wildman–Crippen MR) is 101 cm³/mol. The zero-order chi connectivity index (χ0) is 17.7. The van der Waals surface area contributed by atoms with Gasteiger partial charge in [0.2, 0.25) is 5.43 Å². The van der Waals surface area contributed by atoms with Gasteiger partial charge >= 0.3 is 0 Å². The van der Waals surface area contributed by atoms with Crippen molar-refractivity contribution in [2.24, 2.45) is 0 Å². The second-order valence-electron chi connectivity index (χ2n) is 5.87. The highest BCUT2D eigenvalue weighted by Crippen LogP contribution is 2.43. The molecule has 2 aromatic carbocycles. The van der Waals surface area contributed by atoms with E-state index in [4.69, 9.17) is 27.6 Å². The topological polar surface area (TPSA) is 50.4 Å². The van der Waals surface area contributed by atoms with Crippen molar-refractivity contribution >= 4 is 34.2 Å². The lowest BCUT2D eigenvalue weighted by Crippen LogP contribution is -2.02. The van der Waals surface area contributed by atoms with Crippen LogP contribution in [0.3, 0.4) is 0 Å². The van der Waals surface area contributed by atoms with Gasteiger partial charge < -0.3 is 9.52 Å². The number of hydrogen-bond acceptors (Lipinski definition) is 3. The van der Waals surface area contributed by atoms with Crippen LogP contribution in [0.4, 0.5) is 0 Å². The molecule has 2 aromatic rings. The van der Waals surface area contributed by atoms with Gasteiger partial charge in [-0.25, -0.2) is 0 Å². The maximum Gasteiger partial charge on any atom is 0.200 e. The van der Waals surface area contributed by atoms with E-state index in [0.717, 1.165) is 22.1 Å². The standard InChI is InChI=1S/C20H12Cl2O3/c1-10-4-2-3-5-11(10)20-12-6-14(21)16(23)8-18(12)25-19-9-17(24)15(22)7-13(19)20/h2-9,23H,1H3. The number of aromatic hydroxyl groups is 1. The zero-order valence-corrected chi connectivity index (χ0v) is 14.7. The molecule has 1 aliphatic heterocycles. The van der Waals surface area contributed by atoms with Gasteiger partial charge in [0.25, 0.3) is 0 Å². The third-order valence-corrected chi connectivity index (χ3v) is 4.85.